The molecule has 1 N–H and O–H groups in total. The van der Waals surface area contributed by atoms with Gasteiger partial charge < -0.3 is 10.1 Å². The molecule has 0 saturated carbocycles. The predicted molar refractivity (Wildman–Crippen MR) is 145 cm³/mol. The molecular formula is C24H17FI2N2O2S. The molecule has 1 saturated heterocycles. The molecule has 3 aromatic carbocycles. The molecule has 0 atom stereocenters. The number of ether oxygens (including phenoxy) is 1. The fourth-order valence-corrected chi connectivity index (χ4v) is 5.99. The summed E-state index contributed by atoms with van der Waals surface area (Å²) in [6.45, 7) is 2.56. The summed E-state index contributed by atoms with van der Waals surface area (Å²) in [6, 6.07) is 18.0. The number of hydrogen-bond donors (Lipinski definition) is 1. The molecule has 0 unspecified atom stereocenters. The van der Waals surface area contributed by atoms with Crippen LogP contribution < -0.4 is 10.1 Å². The lowest BCUT2D eigenvalue weighted by Gasteiger charge is -2.12. The van der Waals surface area contributed by atoms with Crippen molar-refractivity contribution in [2.75, 3.05) is 0 Å². The highest BCUT2D eigenvalue weighted by Gasteiger charge is 2.24. The molecule has 3 aromatic rings. The molecule has 1 aliphatic heterocycles. The van der Waals surface area contributed by atoms with Crippen molar-refractivity contribution < 1.29 is 13.9 Å². The fourth-order valence-electron chi connectivity index (χ4n) is 3.02. The Morgan fingerprint density at radius 1 is 1.09 bits per heavy atom. The number of aliphatic imine (C=N–C) groups is 1. The topological polar surface area (TPSA) is 50.7 Å². The Labute approximate surface area is 217 Å². The Kier molecular flexibility index (Phi) is 7.51. The van der Waals surface area contributed by atoms with Crippen LogP contribution in [0, 0.1) is 19.9 Å². The molecule has 0 aromatic heterocycles. The van der Waals surface area contributed by atoms with Crippen LogP contribution in [-0.2, 0) is 11.4 Å². The number of amidine groups is 1. The van der Waals surface area contributed by atoms with Gasteiger partial charge >= 0.3 is 0 Å². The van der Waals surface area contributed by atoms with Crippen LogP contribution in [0.5, 0.6) is 5.75 Å². The van der Waals surface area contributed by atoms with Gasteiger partial charge in [0.2, 0.25) is 0 Å². The normalized spacial score (nSPS) is 15.9. The van der Waals surface area contributed by atoms with E-state index in [1.165, 1.54) is 29.5 Å². The predicted octanol–water partition coefficient (Wildman–Crippen LogP) is 6.81. The quantitative estimate of drug-likeness (QED) is 0.240. The molecule has 1 amide bonds. The summed E-state index contributed by atoms with van der Waals surface area (Å²) >= 11 is 5.77. The smallest absolute Gasteiger partial charge is 0.264 e. The van der Waals surface area contributed by atoms with E-state index in [0.717, 1.165) is 24.0 Å². The first-order valence-electron chi connectivity index (χ1n) is 9.60. The Morgan fingerprint density at radius 3 is 2.50 bits per heavy atom. The summed E-state index contributed by atoms with van der Waals surface area (Å²) in [7, 11) is 0. The van der Waals surface area contributed by atoms with Crippen molar-refractivity contribution in [3.8, 4) is 5.75 Å². The minimum Gasteiger partial charge on any atom is -0.487 e. The van der Waals surface area contributed by atoms with E-state index in [4.69, 9.17) is 4.74 Å². The van der Waals surface area contributed by atoms with Crippen molar-refractivity contribution in [3.05, 3.63) is 95.2 Å². The SMILES string of the molecule is Cc1cccc(COc2c(I)cc(/C=C3/SC(=Nc4ccc(F)cc4)NC3=O)cc2I)c1. The lowest BCUT2D eigenvalue weighted by Crippen LogP contribution is -2.19. The summed E-state index contributed by atoms with van der Waals surface area (Å²) in [5, 5.41) is 3.22. The van der Waals surface area contributed by atoms with E-state index in [9.17, 15) is 9.18 Å². The first-order valence-corrected chi connectivity index (χ1v) is 12.6. The number of hydrogen-bond acceptors (Lipinski definition) is 4. The van der Waals surface area contributed by atoms with Gasteiger partial charge in [-0.05, 0) is 117 Å². The maximum Gasteiger partial charge on any atom is 0.264 e. The van der Waals surface area contributed by atoms with E-state index in [1.807, 2.05) is 30.3 Å². The number of thioether (sulfide) groups is 1. The Balaban J connectivity index is 1.50. The average Bonchev–Trinajstić information content (AvgIpc) is 3.08. The summed E-state index contributed by atoms with van der Waals surface area (Å²) < 4.78 is 21.1. The molecule has 4 rings (SSSR count). The zero-order valence-corrected chi connectivity index (χ0v) is 22.0. The number of carbonyl (C=O) groups is 1. The number of carbonyl (C=O) groups excluding carboxylic acids is 1. The average molecular weight is 670 g/mol. The first kappa shape index (κ1) is 23.2. The molecule has 1 aliphatic rings. The van der Waals surface area contributed by atoms with Gasteiger partial charge in [0.25, 0.3) is 5.91 Å². The Hall–Kier alpha value is -1.92. The van der Waals surface area contributed by atoms with Crippen molar-refractivity contribution in [2.24, 2.45) is 4.99 Å². The summed E-state index contributed by atoms with van der Waals surface area (Å²) in [5.74, 6) is 0.297. The molecule has 8 heteroatoms. The molecule has 1 fully saturated rings. The molecule has 0 spiro atoms. The van der Waals surface area contributed by atoms with Crippen LogP contribution in [0.2, 0.25) is 0 Å². The van der Waals surface area contributed by atoms with Crippen LogP contribution in [-0.4, -0.2) is 11.1 Å². The van der Waals surface area contributed by atoms with Crippen LogP contribution in [0.1, 0.15) is 16.7 Å². The van der Waals surface area contributed by atoms with E-state index in [1.54, 1.807) is 12.1 Å². The second-order valence-corrected chi connectivity index (χ2v) is 10.4. The van der Waals surface area contributed by atoms with Crippen molar-refractivity contribution in [1.29, 1.82) is 0 Å². The monoisotopic (exact) mass is 670 g/mol. The van der Waals surface area contributed by atoms with Gasteiger partial charge in [-0.15, -0.1) is 0 Å². The minimum absolute atomic E-state index is 0.208. The van der Waals surface area contributed by atoms with E-state index in [-0.39, 0.29) is 11.7 Å². The van der Waals surface area contributed by atoms with E-state index in [2.05, 4.69) is 74.5 Å². The lowest BCUT2D eigenvalue weighted by atomic mass is 10.1. The third kappa shape index (κ3) is 5.90. The van der Waals surface area contributed by atoms with Gasteiger partial charge in [-0.1, -0.05) is 29.8 Å². The fraction of sp³-hybridized carbons (Fsp3) is 0.0833. The van der Waals surface area contributed by atoms with E-state index < -0.39 is 0 Å². The highest BCUT2D eigenvalue weighted by Crippen LogP contribution is 2.33. The number of rotatable bonds is 5. The third-order valence-electron chi connectivity index (χ3n) is 4.49. The van der Waals surface area contributed by atoms with Gasteiger partial charge in [0.15, 0.2) is 5.17 Å². The van der Waals surface area contributed by atoms with Crippen molar-refractivity contribution in [1.82, 2.24) is 5.32 Å². The van der Waals surface area contributed by atoms with Crippen molar-refractivity contribution in [2.45, 2.75) is 13.5 Å². The van der Waals surface area contributed by atoms with Gasteiger partial charge in [-0.25, -0.2) is 9.38 Å². The number of nitrogens with one attached hydrogen (secondary N) is 1. The molecular weight excluding hydrogens is 653 g/mol. The molecule has 0 radical (unpaired) electrons. The number of nitrogens with zero attached hydrogens (tertiary/aromatic N) is 1. The number of benzene rings is 3. The molecule has 0 aliphatic carbocycles. The van der Waals surface area contributed by atoms with Crippen LogP contribution in [0.25, 0.3) is 6.08 Å². The molecule has 162 valence electrons. The zero-order chi connectivity index (χ0) is 22.7. The van der Waals surface area contributed by atoms with Crippen LogP contribution in [0.3, 0.4) is 0 Å². The molecule has 4 nitrogen and oxygen atoms in total. The first-order chi connectivity index (χ1) is 15.4. The molecule has 0 bridgehead atoms. The van der Waals surface area contributed by atoms with Gasteiger partial charge in [0.05, 0.1) is 17.7 Å². The van der Waals surface area contributed by atoms with Gasteiger partial charge in [-0.3, -0.25) is 4.79 Å². The Morgan fingerprint density at radius 2 is 1.81 bits per heavy atom. The maximum atomic E-state index is 13.1. The highest BCUT2D eigenvalue weighted by molar-refractivity contribution is 14.1. The lowest BCUT2D eigenvalue weighted by molar-refractivity contribution is -0.115. The van der Waals surface area contributed by atoms with E-state index >= 15 is 0 Å². The van der Waals surface area contributed by atoms with Gasteiger partial charge in [0, 0.05) is 0 Å². The number of halogens is 3. The zero-order valence-electron chi connectivity index (χ0n) is 16.9. The summed E-state index contributed by atoms with van der Waals surface area (Å²) in [6.07, 6.45) is 1.84. The minimum atomic E-state index is -0.326. The Bertz CT molecular complexity index is 1220. The highest BCUT2D eigenvalue weighted by atomic mass is 127. The van der Waals surface area contributed by atoms with E-state index in [0.29, 0.717) is 22.4 Å². The van der Waals surface area contributed by atoms with Crippen molar-refractivity contribution in [3.63, 3.8) is 0 Å². The number of aryl methyl sites for hydroxylation is 1. The standard InChI is InChI=1S/C24H17FI2N2O2S/c1-14-3-2-4-15(9-14)13-31-22-19(26)10-16(11-20(22)27)12-21-23(30)29-24(32-21)28-18-7-5-17(25)6-8-18/h2-12H,13H2,1H3,(H,28,29,30)/b21-12+. The second-order valence-electron chi connectivity index (χ2n) is 7.05. The second kappa shape index (κ2) is 10.3. The van der Waals surface area contributed by atoms with Crippen LogP contribution >= 0.6 is 56.9 Å². The van der Waals surface area contributed by atoms with Crippen LogP contribution in [0.15, 0.2) is 70.6 Å². The molecule has 1 heterocycles. The third-order valence-corrected chi connectivity index (χ3v) is 7.00. The van der Waals surface area contributed by atoms with Gasteiger partial charge in [0.1, 0.15) is 18.2 Å². The largest absolute Gasteiger partial charge is 0.487 e. The molecule has 32 heavy (non-hydrogen) atoms. The number of amides is 1. The maximum absolute atomic E-state index is 13.1. The summed E-state index contributed by atoms with van der Waals surface area (Å²) in [5.41, 5.74) is 3.80. The van der Waals surface area contributed by atoms with Crippen LogP contribution in [0.4, 0.5) is 10.1 Å². The van der Waals surface area contributed by atoms with Crippen molar-refractivity contribution >= 4 is 79.8 Å². The van der Waals surface area contributed by atoms with Gasteiger partial charge in [-0.2, -0.15) is 0 Å². The summed E-state index contributed by atoms with van der Waals surface area (Å²) in [4.78, 5) is 17.3.